The minimum Gasteiger partial charge on any atom is -0.508 e. The van der Waals surface area contributed by atoms with Crippen molar-refractivity contribution in [2.24, 2.45) is 0 Å². The summed E-state index contributed by atoms with van der Waals surface area (Å²) < 4.78 is 28.0. The van der Waals surface area contributed by atoms with Crippen LogP contribution in [0.2, 0.25) is 0 Å². The van der Waals surface area contributed by atoms with E-state index in [9.17, 15) is 13.5 Å². The molecule has 7 nitrogen and oxygen atoms in total. The third kappa shape index (κ3) is 2.79. The van der Waals surface area contributed by atoms with E-state index in [1.54, 1.807) is 0 Å². The third-order valence-electron chi connectivity index (χ3n) is 2.47. The van der Waals surface area contributed by atoms with Crippen LogP contribution in [0.15, 0.2) is 35.4 Å². The second-order valence-corrected chi connectivity index (χ2v) is 5.54. The van der Waals surface area contributed by atoms with Gasteiger partial charge in [-0.25, -0.2) is 8.42 Å². The van der Waals surface area contributed by atoms with Crippen molar-refractivity contribution in [3.8, 4) is 5.75 Å². The molecule has 0 aliphatic carbocycles. The van der Waals surface area contributed by atoms with E-state index >= 15 is 0 Å². The predicted octanol–water partition coefficient (Wildman–Crippen LogP) is 0.992. The van der Waals surface area contributed by atoms with Crippen LogP contribution in [0, 0.1) is 0 Å². The summed E-state index contributed by atoms with van der Waals surface area (Å²) in [6.45, 7) is 2.34. The highest BCUT2D eigenvalue weighted by atomic mass is 32.2. The Morgan fingerprint density at radius 1 is 1.47 bits per heavy atom. The number of nitrogens with two attached hydrogens (primary N) is 1. The van der Waals surface area contributed by atoms with Crippen molar-refractivity contribution >= 4 is 21.5 Å². The van der Waals surface area contributed by atoms with Gasteiger partial charge in [0.15, 0.2) is 5.82 Å². The summed E-state index contributed by atoms with van der Waals surface area (Å²) in [5.74, 6) is -0.0908. The highest BCUT2D eigenvalue weighted by Gasteiger charge is 2.21. The van der Waals surface area contributed by atoms with Gasteiger partial charge < -0.3 is 10.8 Å². The van der Waals surface area contributed by atoms with E-state index in [1.165, 1.54) is 35.1 Å². The van der Waals surface area contributed by atoms with Gasteiger partial charge in [0, 0.05) is 18.8 Å². The summed E-state index contributed by atoms with van der Waals surface area (Å²) in [5, 5.41) is 13.2. The fraction of sp³-hybridized carbons (Fsp3) is 0.182. The predicted molar refractivity (Wildman–Crippen MR) is 71.2 cm³/mol. The normalized spacial score (nSPS) is 11.4. The maximum absolute atomic E-state index is 12.1. The first-order chi connectivity index (χ1) is 8.92. The van der Waals surface area contributed by atoms with E-state index in [2.05, 4.69) is 9.82 Å². The smallest absolute Gasteiger partial charge is 0.267 e. The lowest BCUT2D eigenvalue weighted by atomic mass is 10.3. The molecule has 0 atom stereocenters. The van der Waals surface area contributed by atoms with E-state index in [0.717, 1.165) is 0 Å². The van der Waals surface area contributed by atoms with Gasteiger partial charge in [0.2, 0.25) is 0 Å². The number of benzene rings is 1. The van der Waals surface area contributed by atoms with E-state index in [-0.39, 0.29) is 22.2 Å². The van der Waals surface area contributed by atoms with E-state index in [4.69, 9.17) is 5.73 Å². The number of nitrogens with zero attached hydrogens (tertiary/aromatic N) is 2. The number of nitrogens with one attached hydrogen (secondary N) is 1. The molecule has 0 saturated heterocycles. The fourth-order valence-electron chi connectivity index (χ4n) is 1.57. The zero-order valence-electron chi connectivity index (χ0n) is 10.2. The van der Waals surface area contributed by atoms with Crippen LogP contribution in [0.25, 0.3) is 0 Å². The summed E-state index contributed by atoms with van der Waals surface area (Å²) in [5.41, 5.74) is 5.84. The average molecular weight is 282 g/mol. The summed E-state index contributed by atoms with van der Waals surface area (Å²) >= 11 is 0. The van der Waals surface area contributed by atoms with E-state index < -0.39 is 10.0 Å². The monoisotopic (exact) mass is 282 g/mol. The number of hydrogen-bond donors (Lipinski definition) is 3. The molecule has 2 rings (SSSR count). The molecule has 102 valence electrons. The Bertz CT molecular complexity index is 694. The lowest BCUT2D eigenvalue weighted by Crippen LogP contribution is -2.13. The van der Waals surface area contributed by atoms with Crippen LogP contribution in [0.1, 0.15) is 6.92 Å². The number of anilines is 2. The summed E-state index contributed by atoms with van der Waals surface area (Å²) in [6, 6.07) is 5.81. The van der Waals surface area contributed by atoms with Crippen LogP contribution in [0.4, 0.5) is 11.5 Å². The molecule has 8 heteroatoms. The molecule has 0 fully saturated rings. The molecule has 1 aromatic carbocycles. The Labute approximate surface area is 110 Å². The van der Waals surface area contributed by atoms with Gasteiger partial charge in [0.1, 0.15) is 10.6 Å². The third-order valence-corrected chi connectivity index (χ3v) is 3.86. The van der Waals surface area contributed by atoms with Gasteiger partial charge in [0.05, 0.1) is 5.69 Å². The number of phenols is 1. The van der Waals surface area contributed by atoms with Crippen LogP contribution in [0.5, 0.6) is 5.75 Å². The maximum atomic E-state index is 12.1. The minimum atomic E-state index is -3.82. The van der Waals surface area contributed by atoms with Gasteiger partial charge in [-0.15, -0.1) is 0 Å². The van der Waals surface area contributed by atoms with Crippen molar-refractivity contribution in [1.29, 1.82) is 0 Å². The van der Waals surface area contributed by atoms with Crippen molar-refractivity contribution in [3.05, 3.63) is 30.5 Å². The summed E-state index contributed by atoms with van der Waals surface area (Å²) in [7, 11) is -3.82. The Kier molecular flexibility index (Phi) is 3.34. The zero-order valence-corrected chi connectivity index (χ0v) is 11.1. The molecule has 19 heavy (non-hydrogen) atoms. The van der Waals surface area contributed by atoms with Gasteiger partial charge in [0.25, 0.3) is 10.0 Å². The SMILES string of the molecule is CCn1cc(S(=O)(=O)Nc2cccc(O)c2)c(N)n1. The van der Waals surface area contributed by atoms with Crippen LogP contribution in [0.3, 0.4) is 0 Å². The Morgan fingerprint density at radius 2 is 2.21 bits per heavy atom. The van der Waals surface area contributed by atoms with Crippen LogP contribution in [-0.2, 0) is 16.6 Å². The first-order valence-electron chi connectivity index (χ1n) is 5.57. The highest BCUT2D eigenvalue weighted by Crippen LogP contribution is 2.22. The quantitative estimate of drug-likeness (QED) is 0.774. The molecule has 0 aliphatic heterocycles. The first kappa shape index (κ1) is 13.2. The standard InChI is InChI=1S/C11H14N4O3S/c1-2-15-7-10(11(12)13-15)19(17,18)14-8-4-3-5-9(16)6-8/h3-7,14,16H,2H2,1H3,(H2,12,13). The van der Waals surface area contributed by atoms with Gasteiger partial charge >= 0.3 is 0 Å². The number of rotatable bonds is 4. The maximum Gasteiger partial charge on any atom is 0.267 e. The van der Waals surface area contributed by atoms with Crippen molar-refractivity contribution in [1.82, 2.24) is 9.78 Å². The zero-order chi connectivity index (χ0) is 14.0. The molecule has 0 amide bonds. The molecule has 1 heterocycles. The van der Waals surface area contributed by atoms with E-state index in [1.807, 2.05) is 6.92 Å². The van der Waals surface area contributed by atoms with Crippen LogP contribution in [-0.4, -0.2) is 23.3 Å². The van der Waals surface area contributed by atoms with E-state index in [0.29, 0.717) is 6.54 Å². The lowest BCUT2D eigenvalue weighted by Gasteiger charge is -2.06. The van der Waals surface area contributed by atoms with Gasteiger partial charge in [-0.3, -0.25) is 9.40 Å². The average Bonchev–Trinajstić information content (AvgIpc) is 2.71. The van der Waals surface area contributed by atoms with Gasteiger partial charge in [-0.1, -0.05) is 6.07 Å². The van der Waals surface area contributed by atoms with Gasteiger partial charge in [-0.05, 0) is 19.1 Å². The number of aryl methyl sites for hydroxylation is 1. The molecule has 0 spiro atoms. The second kappa shape index (κ2) is 4.81. The van der Waals surface area contributed by atoms with Crippen molar-refractivity contribution in [3.63, 3.8) is 0 Å². The number of phenolic OH excluding ortho intramolecular Hbond substituents is 1. The number of aromatic nitrogens is 2. The summed E-state index contributed by atoms with van der Waals surface area (Å²) in [6.07, 6.45) is 1.36. The summed E-state index contributed by atoms with van der Waals surface area (Å²) in [4.78, 5) is -0.0855. The molecule has 0 unspecified atom stereocenters. The fourth-order valence-corrected chi connectivity index (χ4v) is 2.69. The van der Waals surface area contributed by atoms with Crippen molar-refractivity contribution in [2.45, 2.75) is 18.4 Å². The molecule has 0 bridgehead atoms. The topological polar surface area (TPSA) is 110 Å². The number of hydrogen-bond acceptors (Lipinski definition) is 5. The highest BCUT2D eigenvalue weighted by molar-refractivity contribution is 7.92. The Balaban J connectivity index is 2.34. The number of aromatic hydroxyl groups is 1. The van der Waals surface area contributed by atoms with Crippen molar-refractivity contribution in [2.75, 3.05) is 10.5 Å². The van der Waals surface area contributed by atoms with Crippen LogP contribution >= 0.6 is 0 Å². The minimum absolute atomic E-state index is 0.0302. The number of nitrogen functional groups attached to an aromatic ring is 1. The van der Waals surface area contributed by atoms with Crippen LogP contribution < -0.4 is 10.5 Å². The Hall–Kier alpha value is -2.22. The second-order valence-electron chi connectivity index (χ2n) is 3.89. The molecule has 2 aromatic rings. The molecular weight excluding hydrogens is 268 g/mol. The molecule has 0 saturated carbocycles. The Morgan fingerprint density at radius 3 is 2.79 bits per heavy atom. The number of sulfonamides is 1. The largest absolute Gasteiger partial charge is 0.508 e. The molecular formula is C11H14N4O3S. The molecule has 4 N–H and O–H groups in total. The molecule has 0 aliphatic rings. The first-order valence-corrected chi connectivity index (χ1v) is 7.05. The lowest BCUT2D eigenvalue weighted by molar-refractivity contribution is 0.475. The van der Waals surface area contributed by atoms with Crippen molar-refractivity contribution < 1.29 is 13.5 Å². The molecule has 1 aromatic heterocycles. The van der Waals surface area contributed by atoms with Gasteiger partial charge in [-0.2, -0.15) is 5.10 Å². The molecule has 0 radical (unpaired) electrons.